The first kappa shape index (κ1) is 10.0. The summed E-state index contributed by atoms with van der Waals surface area (Å²) in [7, 11) is 0. The van der Waals surface area contributed by atoms with E-state index in [0.29, 0.717) is 13.0 Å². The van der Waals surface area contributed by atoms with E-state index in [1.807, 2.05) is 6.92 Å². The van der Waals surface area contributed by atoms with Gasteiger partial charge in [0.05, 0.1) is 18.4 Å². The third kappa shape index (κ3) is 5.45. The molecule has 1 N–H and O–H groups in total. The molecule has 0 aliphatic carbocycles. The van der Waals surface area contributed by atoms with Crippen LogP contribution in [0.2, 0.25) is 0 Å². The molecule has 0 amide bonds. The van der Waals surface area contributed by atoms with Crippen LogP contribution >= 0.6 is 0 Å². The minimum Gasteiger partial charge on any atom is -0.512 e. The Morgan fingerprint density at radius 3 is 2.64 bits per heavy atom. The third-order valence-corrected chi connectivity index (χ3v) is 1.08. The van der Waals surface area contributed by atoms with Crippen LogP contribution < -0.4 is 0 Å². The van der Waals surface area contributed by atoms with Gasteiger partial charge in [-0.3, -0.25) is 0 Å². The van der Waals surface area contributed by atoms with Crippen LogP contribution in [0, 0.1) is 0 Å². The highest BCUT2D eigenvalue weighted by Gasteiger charge is 1.98. The van der Waals surface area contributed by atoms with Crippen LogP contribution in [0.25, 0.3) is 0 Å². The van der Waals surface area contributed by atoms with Gasteiger partial charge in [0.25, 0.3) is 0 Å². The van der Waals surface area contributed by atoms with Crippen molar-refractivity contribution < 1.29 is 14.6 Å². The largest absolute Gasteiger partial charge is 0.512 e. The van der Waals surface area contributed by atoms with Gasteiger partial charge in [-0.25, -0.2) is 4.79 Å². The Hall–Kier alpha value is -0.990. The molecule has 0 unspecified atom stereocenters. The monoisotopic (exact) mass is 158 g/mol. The Balaban J connectivity index is 3.76. The van der Waals surface area contributed by atoms with Crippen LogP contribution in [-0.4, -0.2) is 17.7 Å². The quantitative estimate of drug-likeness (QED) is 0.385. The fraction of sp³-hybridized carbons (Fsp3) is 0.625. The van der Waals surface area contributed by atoms with Gasteiger partial charge in [0.2, 0.25) is 0 Å². The second-order valence-electron chi connectivity index (χ2n) is 2.14. The lowest BCUT2D eigenvalue weighted by Gasteiger charge is -1.97. The maximum Gasteiger partial charge on any atom is 0.334 e. The molecule has 0 aliphatic heterocycles. The van der Waals surface area contributed by atoms with E-state index >= 15 is 0 Å². The topological polar surface area (TPSA) is 46.5 Å². The molecule has 0 aromatic rings. The van der Waals surface area contributed by atoms with Gasteiger partial charge in [-0.2, -0.15) is 0 Å². The number of allylic oxidation sites excluding steroid dienone is 1. The summed E-state index contributed by atoms with van der Waals surface area (Å²) in [5, 5.41) is 9.01. The minimum atomic E-state index is -0.474. The number of ether oxygens (including phenoxy) is 1. The summed E-state index contributed by atoms with van der Waals surface area (Å²) in [5.41, 5.74) is 0. The second kappa shape index (κ2) is 5.77. The zero-order valence-corrected chi connectivity index (χ0v) is 6.96. The first-order valence-electron chi connectivity index (χ1n) is 3.77. The highest BCUT2D eigenvalue weighted by Crippen LogP contribution is 1.99. The van der Waals surface area contributed by atoms with E-state index in [-0.39, 0.29) is 5.76 Å². The highest BCUT2D eigenvalue weighted by atomic mass is 16.5. The van der Waals surface area contributed by atoms with Gasteiger partial charge in [-0.1, -0.05) is 6.92 Å². The summed E-state index contributed by atoms with van der Waals surface area (Å²) < 4.78 is 4.58. The molecule has 0 atom stereocenters. The highest BCUT2D eigenvalue weighted by molar-refractivity contribution is 5.82. The van der Waals surface area contributed by atoms with E-state index in [0.717, 1.165) is 12.5 Å². The van der Waals surface area contributed by atoms with E-state index in [2.05, 4.69) is 4.74 Å². The summed E-state index contributed by atoms with van der Waals surface area (Å²) in [5.74, 6) is -0.385. The van der Waals surface area contributed by atoms with Crippen molar-refractivity contribution in [2.24, 2.45) is 0 Å². The number of esters is 1. The Labute approximate surface area is 66.7 Å². The normalized spacial score (nSPS) is 11.3. The van der Waals surface area contributed by atoms with Crippen molar-refractivity contribution >= 4 is 5.97 Å². The summed E-state index contributed by atoms with van der Waals surface area (Å²) in [4.78, 5) is 10.7. The molecule has 3 nitrogen and oxygen atoms in total. The molecule has 0 rings (SSSR count). The van der Waals surface area contributed by atoms with E-state index < -0.39 is 5.97 Å². The van der Waals surface area contributed by atoms with Crippen molar-refractivity contribution in [1.82, 2.24) is 0 Å². The summed E-state index contributed by atoms with van der Waals surface area (Å²) in [6.07, 6.45) is 2.47. The van der Waals surface area contributed by atoms with Crippen LogP contribution in [-0.2, 0) is 9.53 Å². The van der Waals surface area contributed by atoms with Crippen LogP contribution in [0.4, 0.5) is 0 Å². The molecule has 0 aliphatic rings. The van der Waals surface area contributed by atoms with E-state index in [1.165, 1.54) is 0 Å². The number of rotatable bonds is 4. The molecule has 0 fully saturated rings. The molecule has 0 bridgehead atoms. The molecular weight excluding hydrogens is 144 g/mol. The summed E-state index contributed by atoms with van der Waals surface area (Å²) >= 11 is 0. The molecule has 0 heterocycles. The van der Waals surface area contributed by atoms with E-state index in [1.54, 1.807) is 6.92 Å². The predicted molar refractivity (Wildman–Crippen MR) is 42.3 cm³/mol. The average molecular weight is 158 g/mol. The predicted octanol–water partition coefficient (Wildman–Crippen LogP) is 1.79. The molecule has 3 heteroatoms. The standard InChI is InChI=1S/C8H14O3/c1-3-5-7(9)6-8(10)11-4-2/h6,9H,3-5H2,1-2H3. The second-order valence-corrected chi connectivity index (χ2v) is 2.14. The fourth-order valence-corrected chi connectivity index (χ4v) is 0.648. The van der Waals surface area contributed by atoms with Crippen LogP contribution in [0.3, 0.4) is 0 Å². The minimum absolute atomic E-state index is 0.0888. The van der Waals surface area contributed by atoms with Crippen molar-refractivity contribution in [2.75, 3.05) is 6.61 Å². The number of aliphatic hydroxyl groups is 1. The first-order valence-corrected chi connectivity index (χ1v) is 3.77. The average Bonchev–Trinajstić information content (AvgIpc) is 1.87. The summed E-state index contributed by atoms with van der Waals surface area (Å²) in [6.45, 7) is 3.99. The van der Waals surface area contributed by atoms with Gasteiger partial charge in [0.1, 0.15) is 0 Å². The maximum absolute atomic E-state index is 10.7. The molecule has 64 valence electrons. The van der Waals surface area contributed by atoms with Crippen molar-refractivity contribution in [1.29, 1.82) is 0 Å². The van der Waals surface area contributed by atoms with Crippen molar-refractivity contribution in [3.63, 3.8) is 0 Å². The molecule has 0 saturated heterocycles. The lowest BCUT2D eigenvalue weighted by atomic mass is 10.3. The van der Waals surface area contributed by atoms with Crippen molar-refractivity contribution in [3.05, 3.63) is 11.8 Å². The van der Waals surface area contributed by atoms with Crippen molar-refractivity contribution in [2.45, 2.75) is 26.7 Å². The molecule has 11 heavy (non-hydrogen) atoms. The molecule has 0 saturated carbocycles. The SMILES string of the molecule is CCCC(O)=CC(=O)OCC. The van der Waals surface area contributed by atoms with Gasteiger partial charge >= 0.3 is 5.97 Å². The zero-order valence-electron chi connectivity index (χ0n) is 6.96. The Morgan fingerprint density at radius 1 is 1.55 bits per heavy atom. The summed E-state index contributed by atoms with van der Waals surface area (Å²) in [6, 6.07) is 0. The number of hydrogen-bond donors (Lipinski definition) is 1. The smallest absolute Gasteiger partial charge is 0.334 e. The van der Waals surface area contributed by atoms with Crippen LogP contribution in [0.15, 0.2) is 11.8 Å². The number of hydrogen-bond acceptors (Lipinski definition) is 3. The molecule has 0 radical (unpaired) electrons. The van der Waals surface area contributed by atoms with Gasteiger partial charge in [-0.05, 0) is 13.3 Å². The third-order valence-electron chi connectivity index (χ3n) is 1.08. The van der Waals surface area contributed by atoms with Crippen LogP contribution in [0.5, 0.6) is 0 Å². The number of carbonyl (C=O) groups is 1. The fourth-order valence-electron chi connectivity index (χ4n) is 0.648. The number of carbonyl (C=O) groups excluding carboxylic acids is 1. The number of aliphatic hydroxyl groups excluding tert-OH is 1. The van der Waals surface area contributed by atoms with Gasteiger partial charge < -0.3 is 9.84 Å². The van der Waals surface area contributed by atoms with Crippen molar-refractivity contribution in [3.8, 4) is 0 Å². The van der Waals surface area contributed by atoms with Crippen LogP contribution in [0.1, 0.15) is 26.7 Å². The maximum atomic E-state index is 10.7. The van der Waals surface area contributed by atoms with Gasteiger partial charge in [-0.15, -0.1) is 0 Å². The van der Waals surface area contributed by atoms with Gasteiger partial charge in [0.15, 0.2) is 0 Å². The Bertz CT molecular complexity index is 149. The molecular formula is C8H14O3. The first-order chi connectivity index (χ1) is 5.20. The molecule has 0 aromatic heterocycles. The zero-order chi connectivity index (χ0) is 8.69. The lowest BCUT2D eigenvalue weighted by Crippen LogP contribution is -2.00. The molecule has 0 spiro atoms. The molecule has 0 aromatic carbocycles. The lowest BCUT2D eigenvalue weighted by molar-refractivity contribution is -0.137. The van der Waals surface area contributed by atoms with Gasteiger partial charge in [0, 0.05) is 6.42 Å². The van der Waals surface area contributed by atoms with E-state index in [9.17, 15) is 4.79 Å². The van der Waals surface area contributed by atoms with E-state index in [4.69, 9.17) is 5.11 Å². The Morgan fingerprint density at radius 2 is 2.18 bits per heavy atom. The Kier molecular flexibility index (Phi) is 5.25.